The molecule has 6 nitrogen and oxygen atoms in total. The first-order valence-electron chi connectivity index (χ1n) is 10.2. The van der Waals surface area contributed by atoms with Gasteiger partial charge in [-0.05, 0) is 37.0 Å². The molecule has 1 amide bonds. The molecule has 1 N–H and O–H groups in total. The predicted octanol–water partition coefficient (Wildman–Crippen LogP) is 2.99. The van der Waals surface area contributed by atoms with E-state index in [1.807, 2.05) is 36.4 Å². The van der Waals surface area contributed by atoms with Crippen LogP contribution in [0.5, 0.6) is 0 Å². The summed E-state index contributed by atoms with van der Waals surface area (Å²) in [6.45, 7) is 1.28. The number of nitrogens with one attached hydrogen (secondary N) is 1. The zero-order chi connectivity index (χ0) is 21.0. The van der Waals surface area contributed by atoms with E-state index in [0.29, 0.717) is 42.8 Å². The highest BCUT2D eigenvalue weighted by Gasteiger charge is 2.32. The number of pyridine rings is 1. The van der Waals surface area contributed by atoms with E-state index < -0.39 is 10.0 Å². The molecule has 4 rings (SSSR count). The van der Waals surface area contributed by atoms with E-state index in [4.69, 9.17) is 0 Å². The van der Waals surface area contributed by atoms with Crippen molar-refractivity contribution in [2.75, 3.05) is 19.6 Å². The molecule has 0 aliphatic carbocycles. The van der Waals surface area contributed by atoms with Gasteiger partial charge >= 0.3 is 0 Å². The first kappa shape index (κ1) is 20.5. The van der Waals surface area contributed by atoms with Gasteiger partial charge in [-0.2, -0.15) is 4.31 Å². The average Bonchev–Trinajstić information content (AvgIpc) is 2.79. The summed E-state index contributed by atoms with van der Waals surface area (Å²) in [4.78, 5) is 16.9. The molecule has 30 heavy (non-hydrogen) atoms. The number of fused-ring (bicyclic) bond motifs is 1. The Labute approximate surface area is 177 Å². The molecule has 1 saturated heterocycles. The Morgan fingerprint density at radius 1 is 1.03 bits per heavy atom. The summed E-state index contributed by atoms with van der Waals surface area (Å²) in [6.07, 6.45) is 5.12. The largest absolute Gasteiger partial charge is 0.356 e. The Hall–Kier alpha value is -2.77. The lowest BCUT2D eigenvalue weighted by Gasteiger charge is -2.30. The highest BCUT2D eigenvalue weighted by molar-refractivity contribution is 7.89. The molecule has 7 heteroatoms. The lowest BCUT2D eigenvalue weighted by atomic mass is 9.97. The number of nitrogens with zero attached hydrogens (tertiary/aromatic N) is 2. The maximum atomic E-state index is 13.2. The Morgan fingerprint density at radius 2 is 1.80 bits per heavy atom. The summed E-state index contributed by atoms with van der Waals surface area (Å²) < 4.78 is 27.9. The fourth-order valence-electron chi connectivity index (χ4n) is 3.93. The van der Waals surface area contributed by atoms with Crippen LogP contribution in [0, 0.1) is 5.92 Å². The van der Waals surface area contributed by atoms with Crippen molar-refractivity contribution >= 4 is 26.7 Å². The number of aromatic nitrogens is 1. The first-order valence-corrected chi connectivity index (χ1v) is 11.6. The highest BCUT2D eigenvalue weighted by atomic mass is 32.2. The van der Waals surface area contributed by atoms with E-state index in [-0.39, 0.29) is 11.8 Å². The minimum atomic E-state index is -3.62. The number of rotatable bonds is 6. The third-order valence-electron chi connectivity index (χ3n) is 5.64. The Balaban J connectivity index is 1.36. The molecule has 3 aromatic rings. The van der Waals surface area contributed by atoms with Crippen molar-refractivity contribution in [3.8, 4) is 0 Å². The lowest BCUT2D eigenvalue weighted by molar-refractivity contribution is -0.126. The zero-order valence-electron chi connectivity index (χ0n) is 16.7. The summed E-state index contributed by atoms with van der Waals surface area (Å²) in [5.41, 5.74) is 1.18. The van der Waals surface area contributed by atoms with Crippen LogP contribution < -0.4 is 5.32 Å². The molecular weight excluding hydrogens is 398 g/mol. The quantitative estimate of drug-likeness (QED) is 0.661. The Kier molecular flexibility index (Phi) is 6.11. The van der Waals surface area contributed by atoms with Crippen molar-refractivity contribution in [2.24, 2.45) is 5.92 Å². The van der Waals surface area contributed by atoms with Crippen LogP contribution in [0.15, 0.2) is 71.9 Å². The van der Waals surface area contributed by atoms with Crippen LogP contribution in [-0.4, -0.2) is 43.2 Å². The molecule has 0 unspecified atom stereocenters. The SMILES string of the molecule is O=C(NCCc1ccccc1)C1CCN(S(=O)(=O)c2cccc3cnccc23)CC1. The molecule has 1 fully saturated rings. The molecule has 1 aliphatic rings. The molecule has 0 spiro atoms. The van der Waals surface area contributed by atoms with Gasteiger partial charge in [0.1, 0.15) is 0 Å². The van der Waals surface area contributed by atoms with Crippen molar-refractivity contribution in [2.45, 2.75) is 24.2 Å². The molecular formula is C23H25N3O3S. The molecule has 2 aromatic carbocycles. The minimum absolute atomic E-state index is 0.0132. The van der Waals surface area contributed by atoms with Gasteiger partial charge in [-0.15, -0.1) is 0 Å². The molecule has 156 valence electrons. The molecule has 0 saturated carbocycles. The molecule has 1 aliphatic heterocycles. The van der Waals surface area contributed by atoms with Gasteiger partial charge in [0.2, 0.25) is 15.9 Å². The van der Waals surface area contributed by atoms with Crippen molar-refractivity contribution in [3.05, 3.63) is 72.6 Å². The number of sulfonamides is 1. The molecule has 1 aromatic heterocycles. The summed E-state index contributed by atoms with van der Waals surface area (Å²) in [7, 11) is -3.62. The summed E-state index contributed by atoms with van der Waals surface area (Å²) in [5, 5.41) is 4.47. The van der Waals surface area contributed by atoms with Gasteiger partial charge in [0.05, 0.1) is 4.90 Å². The minimum Gasteiger partial charge on any atom is -0.356 e. The standard InChI is InChI=1S/C23H25N3O3S/c27-23(25-14-9-18-5-2-1-3-6-18)19-11-15-26(16-12-19)30(28,29)22-8-4-7-20-17-24-13-10-21(20)22/h1-8,10,13,17,19H,9,11-12,14-16H2,(H,25,27). The van der Waals surface area contributed by atoms with Gasteiger partial charge in [0, 0.05) is 48.7 Å². The van der Waals surface area contributed by atoms with E-state index >= 15 is 0 Å². The monoisotopic (exact) mass is 423 g/mol. The van der Waals surface area contributed by atoms with Gasteiger partial charge in [0.25, 0.3) is 0 Å². The fraction of sp³-hybridized carbons (Fsp3) is 0.304. The maximum absolute atomic E-state index is 13.2. The van der Waals surface area contributed by atoms with E-state index in [1.165, 1.54) is 9.87 Å². The number of hydrogen-bond acceptors (Lipinski definition) is 4. The first-order chi connectivity index (χ1) is 14.6. The van der Waals surface area contributed by atoms with Crippen molar-refractivity contribution in [1.82, 2.24) is 14.6 Å². The van der Waals surface area contributed by atoms with Gasteiger partial charge < -0.3 is 5.32 Å². The third kappa shape index (κ3) is 4.37. The normalized spacial score (nSPS) is 15.9. The van der Waals surface area contributed by atoms with Crippen molar-refractivity contribution in [1.29, 1.82) is 0 Å². The fourth-order valence-corrected chi connectivity index (χ4v) is 5.62. The Morgan fingerprint density at radius 3 is 2.57 bits per heavy atom. The van der Waals surface area contributed by atoms with Gasteiger partial charge in [0.15, 0.2) is 0 Å². The van der Waals surface area contributed by atoms with Crippen LogP contribution in [0.25, 0.3) is 10.8 Å². The van der Waals surface area contributed by atoms with E-state index in [1.54, 1.807) is 30.6 Å². The molecule has 0 atom stereocenters. The number of benzene rings is 2. The second-order valence-electron chi connectivity index (χ2n) is 7.56. The van der Waals surface area contributed by atoms with Gasteiger partial charge in [-0.25, -0.2) is 8.42 Å². The van der Waals surface area contributed by atoms with E-state index in [9.17, 15) is 13.2 Å². The van der Waals surface area contributed by atoms with E-state index in [2.05, 4.69) is 10.3 Å². The van der Waals surface area contributed by atoms with Crippen LogP contribution in [0.1, 0.15) is 18.4 Å². The predicted molar refractivity (Wildman–Crippen MR) is 116 cm³/mol. The lowest BCUT2D eigenvalue weighted by Crippen LogP contribution is -2.43. The van der Waals surface area contributed by atoms with Crippen molar-refractivity contribution < 1.29 is 13.2 Å². The molecule has 0 bridgehead atoms. The maximum Gasteiger partial charge on any atom is 0.243 e. The summed E-state index contributed by atoms with van der Waals surface area (Å²) in [6, 6.07) is 17.0. The number of carbonyl (C=O) groups is 1. The molecule has 0 radical (unpaired) electrons. The summed E-state index contributed by atoms with van der Waals surface area (Å²) >= 11 is 0. The van der Waals surface area contributed by atoms with Crippen LogP contribution >= 0.6 is 0 Å². The smallest absolute Gasteiger partial charge is 0.243 e. The summed E-state index contributed by atoms with van der Waals surface area (Å²) in [5.74, 6) is -0.136. The number of amides is 1. The van der Waals surface area contributed by atoms with Crippen LogP contribution in [0.4, 0.5) is 0 Å². The van der Waals surface area contributed by atoms with Crippen LogP contribution in [-0.2, 0) is 21.2 Å². The second kappa shape index (κ2) is 8.93. The number of hydrogen-bond donors (Lipinski definition) is 1. The topological polar surface area (TPSA) is 79.4 Å². The van der Waals surface area contributed by atoms with Crippen LogP contribution in [0.3, 0.4) is 0 Å². The highest BCUT2D eigenvalue weighted by Crippen LogP contribution is 2.28. The molecule has 2 heterocycles. The van der Waals surface area contributed by atoms with Crippen LogP contribution in [0.2, 0.25) is 0 Å². The second-order valence-corrected chi connectivity index (χ2v) is 9.46. The van der Waals surface area contributed by atoms with Gasteiger partial charge in [-0.1, -0.05) is 42.5 Å². The zero-order valence-corrected chi connectivity index (χ0v) is 17.5. The number of piperidine rings is 1. The average molecular weight is 424 g/mol. The van der Waals surface area contributed by atoms with Gasteiger partial charge in [-0.3, -0.25) is 9.78 Å². The van der Waals surface area contributed by atoms with Crippen molar-refractivity contribution in [3.63, 3.8) is 0 Å². The third-order valence-corrected chi connectivity index (χ3v) is 7.60. The number of carbonyl (C=O) groups excluding carboxylic acids is 1. The van der Waals surface area contributed by atoms with E-state index in [0.717, 1.165) is 11.8 Å². The Bertz CT molecular complexity index is 1120.